The number of carbonyl (C=O) groups is 3. The molecule has 0 radical (unpaired) electrons. The molecule has 27 heavy (non-hydrogen) atoms. The van der Waals surface area contributed by atoms with Crippen molar-refractivity contribution in [1.82, 2.24) is 4.90 Å². The monoisotopic (exact) mass is 368 g/mol. The number of likely N-dealkylation sites (N-methyl/N-ethyl adjacent to an activating group) is 1. The smallest absolute Gasteiger partial charge is 0.254 e. The first-order valence-corrected chi connectivity index (χ1v) is 7.97. The average Bonchev–Trinajstić information content (AvgIpc) is 2.61. The Bertz CT molecular complexity index is 891. The van der Waals surface area contributed by atoms with Crippen molar-refractivity contribution in [2.24, 2.45) is 0 Å². The molecule has 0 fully saturated rings. The highest BCUT2D eigenvalue weighted by atomic mass is 19.1. The summed E-state index contributed by atoms with van der Waals surface area (Å²) in [5, 5.41) is 13.5. The van der Waals surface area contributed by atoms with E-state index >= 15 is 0 Å². The van der Waals surface area contributed by atoms with E-state index in [1.165, 1.54) is 54.4 Å². The fourth-order valence-electron chi connectivity index (χ4n) is 2.25. The summed E-state index contributed by atoms with van der Waals surface area (Å²) in [6, 6.07) is 13.3. The molecule has 0 heterocycles. The first kappa shape index (κ1) is 19.6. The Morgan fingerprint density at radius 1 is 1.04 bits per heavy atom. The molecule has 0 unspecified atom stereocenters. The summed E-state index contributed by atoms with van der Waals surface area (Å²) in [6.07, 6.45) is -0.260. The van der Waals surface area contributed by atoms with E-state index in [4.69, 9.17) is 5.26 Å². The number of amides is 3. The lowest BCUT2D eigenvalue weighted by molar-refractivity contribution is -0.117. The average molecular weight is 368 g/mol. The van der Waals surface area contributed by atoms with Gasteiger partial charge in [-0.25, -0.2) is 4.39 Å². The number of rotatable bonds is 6. The van der Waals surface area contributed by atoms with Gasteiger partial charge in [0.1, 0.15) is 12.2 Å². The maximum absolute atomic E-state index is 13.1. The molecule has 2 rings (SSSR count). The maximum atomic E-state index is 13.1. The van der Waals surface area contributed by atoms with Crippen LogP contribution in [0.1, 0.15) is 16.8 Å². The van der Waals surface area contributed by atoms with Crippen LogP contribution in [-0.2, 0) is 9.59 Å². The standard InChI is InChI=1S/C19H17FN4O3/c1-24(12-18(26)23-16-4-2-3-14(20)11-16)19(27)13-5-7-15(8-6-13)22-17(25)9-10-21/h2-8,11H,9,12H2,1H3,(H,22,25)(H,23,26). The molecule has 7 nitrogen and oxygen atoms in total. The lowest BCUT2D eigenvalue weighted by Crippen LogP contribution is -2.34. The van der Waals surface area contributed by atoms with Gasteiger partial charge in [0.25, 0.3) is 5.91 Å². The third kappa shape index (κ3) is 5.93. The fourth-order valence-corrected chi connectivity index (χ4v) is 2.25. The first-order chi connectivity index (χ1) is 12.9. The lowest BCUT2D eigenvalue weighted by atomic mass is 10.2. The van der Waals surface area contributed by atoms with Crippen LogP contribution in [0.15, 0.2) is 48.5 Å². The van der Waals surface area contributed by atoms with Gasteiger partial charge in [0, 0.05) is 24.0 Å². The van der Waals surface area contributed by atoms with E-state index in [1.54, 1.807) is 12.1 Å². The molecule has 8 heteroatoms. The van der Waals surface area contributed by atoms with Crippen LogP contribution in [0.2, 0.25) is 0 Å². The minimum absolute atomic E-state index is 0.212. The maximum Gasteiger partial charge on any atom is 0.254 e. The van der Waals surface area contributed by atoms with E-state index in [2.05, 4.69) is 10.6 Å². The molecule has 0 aliphatic heterocycles. The molecule has 0 spiro atoms. The van der Waals surface area contributed by atoms with Crippen LogP contribution in [0.5, 0.6) is 0 Å². The van der Waals surface area contributed by atoms with Crippen molar-refractivity contribution in [2.45, 2.75) is 6.42 Å². The highest BCUT2D eigenvalue weighted by Crippen LogP contribution is 2.12. The van der Waals surface area contributed by atoms with Gasteiger partial charge >= 0.3 is 0 Å². The SMILES string of the molecule is CN(CC(=O)Nc1cccc(F)c1)C(=O)c1ccc(NC(=O)CC#N)cc1. The molecule has 0 bridgehead atoms. The predicted molar refractivity (Wildman–Crippen MR) is 97.3 cm³/mol. The Hall–Kier alpha value is -3.73. The number of carbonyl (C=O) groups excluding carboxylic acids is 3. The van der Waals surface area contributed by atoms with E-state index in [9.17, 15) is 18.8 Å². The number of hydrogen-bond donors (Lipinski definition) is 2. The van der Waals surface area contributed by atoms with Gasteiger partial charge in [0.05, 0.1) is 12.6 Å². The molecule has 0 aromatic heterocycles. The number of anilines is 2. The van der Waals surface area contributed by atoms with Crippen LogP contribution in [0.25, 0.3) is 0 Å². The van der Waals surface area contributed by atoms with Crippen molar-refractivity contribution < 1.29 is 18.8 Å². The number of nitrogens with one attached hydrogen (secondary N) is 2. The summed E-state index contributed by atoms with van der Waals surface area (Å²) in [5.74, 6) is -1.77. The highest BCUT2D eigenvalue weighted by molar-refractivity contribution is 5.99. The summed E-state index contributed by atoms with van der Waals surface area (Å²) in [7, 11) is 1.47. The molecule has 0 aliphatic carbocycles. The lowest BCUT2D eigenvalue weighted by Gasteiger charge is -2.17. The largest absolute Gasteiger partial charge is 0.332 e. The quantitative estimate of drug-likeness (QED) is 0.817. The van der Waals surface area contributed by atoms with Crippen molar-refractivity contribution in [3.8, 4) is 6.07 Å². The Morgan fingerprint density at radius 2 is 1.70 bits per heavy atom. The Balaban J connectivity index is 1.93. The van der Waals surface area contributed by atoms with Crippen LogP contribution in [0.3, 0.4) is 0 Å². The molecule has 2 aromatic carbocycles. The molecular formula is C19H17FN4O3. The molecule has 0 saturated heterocycles. The van der Waals surface area contributed by atoms with Crippen molar-refractivity contribution in [2.75, 3.05) is 24.2 Å². The molecule has 3 amide bonds. The van der Waals surface area contributed by atoms with Crippen molar-refractivity contribution >= 4 is 29.1 Å². The molecule has 0 saturated carbocycles. The third-order valence-electron chi connectivity index (χ3n) is 3.49. The summed E-state index contributed by atoms with van der Waals surface area (Å²) < 4.78 is 13.1. The second-order valence-electron chi connectivity index (χ2n) is 5.68. The van der Waals surface area contributed by atoms with Gasteiger partial charge in [-0.05, 0) is 42.5 Å². The molecule has 2 aromatic rings. The van der Waals surface area contributed by atoms with E-state index in [0.29, 0.717) is 16.9 Å². The zero-order valence-corrected chi connectivity index (χ0v) is 14.5. The van der Waals surface area contributed by atoms with Crippen molar-refractivity contribution in [1.29, 1.82) is 5.26 Å². The van der Waals surface area contributed by atoms with E-state index in [-0.39, 0.29) is 18.9 Å². The molecule has 0 aliphatic rings. The molecular weight excluding hydrogens is 351 g/mol. The van der Waals surface area contributed by atoms with Gasteiger partial charge in [-0.15, -0.1) is 0 Å². The Labute approximate surface area is 155 Å². The van der Waals surface area contributed by atoms with E-state index < -0.39 is 17.6 Å². The number of hydrogen-bond acceptors (Lipinski definition) is 4. The zero-order valence-electron chi connectivity index (χ0n) is 14.5. The first-order valence-electron chi connectivity index (χ1n) is 7.97. The van der Waals surface area contributed by atoms with Crippen LogP contribution >= 0.6 is 0 Å². The summed E-state index contributed by atoms with van der Waals surface area (Å²) in [6.45, 7) is -0.212. The molecule has 138 valence electrons. The predicted octanol–water partition coefficient (Wildman–Crippen LogP) is 2.39. The van der Waals surface area contributed by atoms with Crippen molar-refractivity contribution in [3.05, 3.63) is 59.9 Å². The third-order valence-corrected chi connectivity index (χ3v) is 3.49. The molecule has 2 N–H and O–H groups in total. The minimum Gasteiger partial charge on any atom is -0.332 e. The van der Waals surface area contributed by atoms with Gasteiger partial charge < -0.3 is 15.5 Å². The van der Waals surface area contributed by atoms with Crippen LogP contribution in [0.4, 0.5) is 15.8 Å². The van der Waals surface area contributed by atoms with Gasteiger partial charge in [0.15, 0.2) is 0 Å². The Morgan fingerprint density at radius 3 is 2.33 bits per heavy atom. The van der Waals surface area contributed by atoms with E-state index in [0.717, 1.165) is 0 Å². The van der Waals surface area contributed by atoms with Crippen LogP contribution < -0.4 is 10.6 Å². The second kappa shape index (κ2) is 9.10. The van der Waals surface area contributed by atoms with E-state index in [1.807, 2.05) is 0 Å². The number of halogens is 1. The number of nitrogens with zero attached hydrogens (tertiary/aromatic N) is 2. The minimum atomic E-state index is -0.473. The summed E-state index contributed by atoms with van der Waals surface area (Å²) >= 11 is 0. The fraction of sp³-hybridized carbons (Fsp3) is 0.158. The van der Waals surface area contributed by atoms with Gasteiger partial charge in [-0.2, -0.15) is 5.26 Å². The second-order valence-corrected chi connectivity index (χ2v) is 5.68. The Kier molecular flexibility index (Phi) is 6.61. The van der Waals surface area contributed by atoms with Gasteiger partial charge in [0.2, 0.25) is 11.8 Å². The number of nitriles is 1. The van der Waals surface area contributed by atoms with Crippen LogP contribution in [0, 0.1) is 17.1 Å². The zero-order chi connectivity index (χ0) is 19.8. The van der Waals surface area contributed by atoms with Crippen LogP contribution in [-0.4, -0.2) is 36.2 Å². The number of benzene rings is 2. The van der Waals surface area contributed by atoms with Crippen molar-refractivity contribution in [3.63, 3.8) is 0 Å². The van der Waals surface area contributed by atoms with Gasteiger partial charge in [-0.1, -0.05) is 6.07 Å². The molecule has 0 atom stereocenters. The normalized spacial score (nSPS) is 9.81. The topological polar surface area (TPSA) is 102 Å². The van der Waals surface area contributed by atoms with Gasteiger partial charge in [-0.3, -0.25) is 14.4 Å². The highest BCUT2D eigenvalue weighted by Gasteiger charge is 2.15. The summed E-state index contributed by atoms with van der Waals surface area (Å²) in [5.41, 5.74) is 1.09. The summed E-state index contributed by atoms with van der Waals surface area (Å²) in [4.78, 5) is 37.0.